The van der Waals surface area contributed by atoms with Crippen LogP contribution in [0.3, 0.4) is 0 Å². The van der Waals surface area contributed by atoms with E-state index in [-0.39, 0.29) is 29.6 Å². The molecule has 6 nitrogen and oxygen atoms in total. The van der Waals surface area contributed by atoms with Gasteiger partial charge in [-0.15, -0.1) is 0 Å². The normalized spacial score (nSPS) is 14.8. The lowest BCUT2D eigenvalue weighted by atomic mass is 10.0. The maximum Gasteiger partial charge on any atom is 0.416 e. The highest BCUT2D eigenvalue weighted by molar-refractivity contribution is 5.96. The van der Waals surface area contributed by atoms with Crippen LogP contribution >= 0.6 is 0 Å². The van der Waals surface area contributed by atoms with Crippen molar-refractivity contribution in [2.24, 2.45) is 0 Å². The number of carbonyl (C=O) groups excluding carboxylic acids is 1. The Balaban J connectivity index is 1.95. The first-order valence-electron chi connectivity index (χ1n) is 9.54. The maximum atomic E-state index is 13.2. The first kappa shape index (κ1) is 21.6. The molecule has 0 spiro atoms. The molecule has 30 heavy (non-hydrogen) atoms. The first-order valence-corrected chi connectivity index (χ1v) is 9.54. The van der Waals surface area contributed by atoms with Crippen LogP contribution in [-0.2, 0) is 6.18 Å². The lowest BCUT2D eigenvalue weighted by Crippen LogP contribution is -2.35. The second-order valence-electron chi connectivity index (χ2n) is 7.12. The summed E-state index contributed by atoms with van der Waals surface area (Å²) in [6, 6.07) is 8.09. The number of hydrogen-bond donors (Lipinski definition) is 0. The number of nitro benzene ring substituents is 1. The zero-order chi connectivity index (χ0) is 22.1. The third kappa shape index (κ3) is 4.55. The Hall–Kier alpha value is -3.10. The van der Waals surface area contributed by atoms with Gasteiger partial charge in [-0.1, -0.05) is 12.1 Å². The summed E-state index contributed by atoms with van der Waals surface area (Å²) >= 11 is 0. The Morgan fingerprint density at radius 1 is 1.27 bits per heavy atom. The molecule has 0 saturated heterocycles. The standard InChI is InChI=1S/C21H21F3N2O4/c1-3-30-19-10-7-15(12-18(19)26(28)29)20(27)25(17-8-9-17)13(2)14-5-4-6-16(11-14)21(22,23)24/h4-7,10-13,17H,3,8-9H2,1-2H3/t13-/m0/s1. The third-order valence-electron chi connectivity index (χ3n) is 4.99. The van der Waals surface area contributed by atoms with Gasteiger partial charge < -0.3 is 9.64 Å². The molecular formula is C21H21F3N2O4. The van der Waals surface area contributed by atoms with Gasteiger partial charge in [0.25, 0.3) is 5.91 Å². The minimum Gasteiger partial charge on any atom is -0.487 e. The van der Waals surface area contributed by atoms with Crippen LogP contribution in [0.1, 0.15) is 54.2 Å². The molecule has 0 heterocycles. The largest absolute Gasteiger partial charge is 0.487 e. The van der Waals surface area contributed by atoms with Crippen molar-refractivity contribution in [3.05, 3.63) is 69.3 Å². The van der Waals surface area contributed by atoms with E-state index >= 15 is 0 Å². The van der Waals surface area contributed by atoms with Gasteiger partial charge >= 0.3 is 11.9 Å². The average Bonchev–Trinajstić information content (AvgIpc) is 3.52. The lowest BCUT2D eigenvalue weighted by molar-refractivity contribution is -0.385. The molecule has 1 amide bonds. The van der Waals surface area contributed by atoms with Crippen molar-refractivity contribution in [2.45, 2.75) is 44.9 Å². The number of halogens is 3. The zero-order valence-electron chi connectivity index (χ0n) is 16.5. The molecule has 1 fully saturated rings. The molecule has 1 aliphatic carbocycles. The van der Waals surface area contributed by atoms with E-state index in [1.807, 2.05) is 0 Å². The number of benzene rings is 2. The Morgan fingerprint density at radius 2 is 1.97 bits per heavy atom. The van der Waals surface area contributed by atoms with Crippen LogP contribution in [0.15, 0.2) is 42.5 Å². The summed E-state index contributed by atoms with van der Waals surface area (Å²) in [7, 11) is 0. The highest BCUT2D eigenvalue weighted by atomic mass is 19.4. The van der Waals surface area contributed by atoms with E-state index in [0.717, 1.165) is 31.0 Å². The Kier molecular flexibility index (Phi) is 6.00. The van der Waals surface area contributed by atoms with E-state index in [0.29, 0.717) is 5.56 Å². The number of nitrogens with zero attached hydrogens (tertiary/aromatic N) is 2. The van der Waals surface area contributed by atoms with E-state index < -0.39 is 28.6 Å². The summed E-state index contributed by atoms with van der Waals surface area (Å²) in [6.07, 6.45) is -3.03. The van der Waals surface area contributed by atoms with Gasteiger partial charge in [0.15, 0.2) is 5.75 Å². The quantitative estimate of drug-likeness (QED) is 0.444. The van der Waals surface area contributed by atoms with Crippen molar-refractivity contribution < 1.29 is 27.6 Å². The summed E-state index contributed by atoms with van der Waals surface area (Å²) in [5.41, 5.74) is -0.668. The van der Waals surface area contributed by atoms with Gasteiger partial charge in [0, 0.05) is 17.7 Å². The van der Waals surface area contributed by atoms with Crippen molar-refractivity contribution >= 4 is 11.6 Å². The van der Waals surface area contributed by atoms with Crippen molar-refractivity contribution in [2.75, 3.05) is 6.61 Å². The van der Waals surface area contributed by atoms with Gasteiger partial charge in [-0.05, 0) is 56.5 Å². The van der Waals surface area contributed by atoms with Crippen LogP contribution < -0.4 is 4.74 Å². The summed E-state index contributed by atoms with van der Waals surface area (Å²) in [6.45, 7) is 3.58. The molecule has 0 bridgehead atoms. The van der Waals surface area contributed by atoms with E-state index in [4.69, 9.17) is 4.74 Å². The molecule has 0 aromatic heterocycles. The molecule has 0 N–H and O–H groups in total. The van der Waals surface area contributed by atoms with Gasteiger partial charge in [-0.3, -0.25) is 14.9 Å². The van der Waals surface area contributed by atoms with Crippen LogP contribution in [0.25, 0.3) is 0 Å². The number of carbonyl (C=O) groups is 1. The van der Waals surface area contributed by atoms with E-state index in [1.165, 1.54) is 23.1 Å². The minimum absolute atomic E-state index is 0.0583. The Morgan fingerprint density at radius 3 is 2.53 bits per heavy atom. The van der Waals surface area contributed by atoms with Crippen LogP contribution in [-0.4, -0.2) is 28.4 Å². The maximum absolute atomic E-state index is 13.2. The molecule has 9 heteroatoms. The third-order valence-corrected chi connectivity index (χ3v) is 4.99. The highest BCUT2D eigenvalue weighted by Gasteiger charge is 2.38. The van der Waals surface area contributed by atoms with Crippen LogP contribution in [0.4, 0.5) is 18.9 Å². The summed E-state index contributed by atoms with van der Waals surface area (Å²) < 4.78 is 44.5. The van der Waals surface area contributed by atoms with Gasteiger partial charge in [0.1, 0.15) is 0 Å². The monoisotopic (exact) mass is 422 g/mol. The van der Waals surface area contributed by atoms with Crippen LogP contribution in [0, 0.1) is 10.1 Å². The summed E-state index contributed by atoms with van der Waals surface area (Å²) in [5.74, 6) is -0.406. The lowest BCUT2D eigenvalue weighted by Gasteiger charge is -2.30. The highest BCUT2D eigenvalue weighted by Crippen LogP contribution is 2.38. The van der Waals surface area contributed by atoms with Crippen LogP contribution in [0.2, 0.25) is 0 Å². The summed E-state index contributed by atoms with van der Waals surface area (Å²) in [4.78, 5) is 25.5. The molecule has 0 aliphatic heterocycles. The predicted octanol–water partition coefficient (Wildman–Crippen LogP) is 5.38. The number of alkyl halides is 3. The number of amides is 1. The van der Waals surface area contributed by atoms with Crippen molar-refractivity contribution in [1.82, 2.24) is 4.90 Å². The second kappa shape index (κ2) is 8.33. The molecule has 0 unspecified atom stereocenters. The number of rotatable bonds is 7. The Labute approximate surface area is 171 Å². The molecule has 1 saturated carbocycles. The Bertz CT molecular complexity index is 958. The molecule has 2 aromatic carbocycles. The molecule has 1 aliphatic rings. The van der Waals surface area contributed by atoms with Crippen LogP contribution in [0.5, 0.6) is 5.75 Å². The zero-order valence-corrected chi connectivity index (χ0v) is 16.5. The van der Waals surface area contributed by atoms with Crippen molar-refractivity contribution in [3.8, 4) is 5.75 Å². The predicted molar refractivity (Wildman–Crippen MR) is 103 cm³/mol. The smallest absolute Gasteiger partial charge is 0.416 e. The fourth-order valence-corrected chi connectivity index (χ4v) is 3.37. The summed E-state index contributed by atoms with van der Waals surface area (Å²) in [5, 5.41) is 11.4. The first-order chi connectivity index (χ1) is 14.1. The second-order valence-corrected chi connectivity index (χ2v) is 7.12. The molecule has 1 atom stereocenters. The van der Waals surface area contributed by atoms with E-state index in [2.05, 4.69) is 0 Å². The molecule has 3 rings (SSSR count). The fraction of sp³-hybridized carbons (Fsp3) is 0.381. The number of ether oxygens (including phenoxy) is 1. The fourth-order valence-electron chi connectivity index (χ4n) is 3.37. The number of hydrogen-bond acceptors (Lipinski definition) is 4. The molecule has 2 aromatic rings. The van der Waals surface area contributed by atoms with E-state index in [1.54, 1.807) is 19.9 Å². The molecule has 0 radical (unpaired) electrons. The topological polar surface area (TPSA) is 72.7 Å². The van der Waals surface area contributed by atoms with Gasteiger partial charge in [-0.2, -0.15) is 13.2 Å². The van der Waals surface area contributed by atoms with Gasteiger partial charge in [-0.25, -0.2) is 0 Å². The van der Waals surface area contributed by atoms with Crippen molar-refractivity contribution in [1.29, 1.82) is 0 Å². The van der Waals surface area contributed by atoms with Crippen molar-refractivity contribution in [3.63, 3.8) is 0 Å². The van der Waals surface area contributed by atoms with E-state index in [9.17, 15) is 28.1 Å². The van der Waals surface area contributed by atoms with Gasteiger partial charge in [0.2, 0.25) is 0 Å². The van der Waals surface area contributed by atoms with Gasteiger partial charge in [0.05, 0.1) is 23.1 Å². The number of nitro groups is 1. The average molecular weight is 422 g/mol. The molecule has 160 valence electrons. The molecular weight excluding hydrogens is 401 g/mol. The minimum atomic E-state index is -4.49. The SMILES string of the molecule is CCOc1ccc(C(=O)N(C2CC2)[C@@H](C)c2cccc(C(F)(F)F)c2)cc1[N+](=O)[O-].